The highest BCUT2D eigenvalue weighted by atomic mass is 35.5. The van der Waals surface area contributed by atoms with Gasteiger partial charge in [0.25, 0.3) is 0 Å². The molecule has 5 heteroatoms. The van der Waals surface area contributed by atoms with Gasteiger partial charge in [0.05, 0.1) is 13.7 Å². The van der Waals surface area contributed by atoms with Gasteiger partial charge in [0, 0.05) is 11.1 Å². The normalized spacial score (nSPS) is 11.1. The van der Waals surface area contributed by atoms with Gasteiger partial charge in [-0.05, 0) is 73.2 Å². The number of halogens is 1. The van der Waals surface area contributed by atoms with Crippen molar-refractivity contribution in [2.24, 2.45) is 5.92 Å². The van der Waals surface area contributed by atoms with Crippen LogP contribution in [0.15, 0.2) is 36.4 Å². The van der Waals surface area contributed by atoms with Crippen LogP contribution in [-0.2, 0) is 4.79 Å². The number of hydrogen-bond donors (Lipinski definition) is 0. The molecule has 2 rings (SSSR count). The second-order valence-electron chi connectivity index (χ2n) is 7.07. The Bertz CT molecular complexity index is 833. The Balaban J connectivity index is 2.03. The minimum Gasteiger partial charge on any atom is -0.493 e. The lowest BCUT2D eigenvalue weighted by Gasteiger charge is -2.12. The smallest absolute Gasteiger partial charge is 0.336 e. The van der Waals surface area contributed by atoms with E-state index in [4.69, 9.17) is 25.8 Å². The van der Waals surface area contributed by atoms with E-state index in [1.807, 2.05) is 32.0 Å². The van der Waals surface area contributed by atoms with Gasteiger partial charge < -0.3 is 14.2 Å². The third kappa shape index (κ3) is 6.31. The quantitative estimate of drug-likeness (QED) is 0.308. The summed E-state index contributed by atoms with van der Waals surface area (Å²) in [6.45, 7) is 8.69. The Morgan fingerprint density at radius 3 is 2.39 bits per heavy atom. The van der Waals surface area contributed by atoms with Crippen LogP contribution in [0.1, 0.15) is 37.0 Å². The molecule has 0 spiro atoms. The van der Waals surface area contributed by atoms with E-state index >= 15 is 0 Å². The number of rotatable bonds is 8. The minimum atomic E-state index is -0.461. The lowest BCUT2D eigenvalue weighted by Crippen LogP contribution is -2.04. The molecule has 2 aromatic carbocycles. The molecule has 0 aliphatic rings. The Labute approximate surface area is 172 Å². The van der Waals surface area contributed by atoms with Crippen molar-refractivity contribution in [2.45, 2.75) is 34.1 Å². The fourth-order valence-corrected chi connectivity index (χ4v) is 2.70. The van der Waals surface area contributed by atoms with E-state index in [1.165, 1.54) is 6.08 Å². The average molecular weight is 403 g/mol. The second-order valence-corrected chi connectivity index (χ2v) is 7.44. The van der Waals surface area contributed by atoms with E-state index in [0.29, 0.717) is 34.8 Å². The van der Waals surface area contributed by atoms with Crippen LogP contribution in [0.2, 0.25) is 5.02 Å². The number of benzene rings is 2. The first-order valence-electron chi connectivity index (χ1n) is 9.27. The van der Waals surface area contributed by atoms with E-state index in [-0.39, 0.29) is 0 Å². The number of hydrogen-bond acceptors (Lipinski definition) is 4. The van der Waals surface area contributed by atoms with E-state index in [0.717, 1.165) is 23.1 Å². The summed E-state index contributed by atoms with van der Waals surface area (Å²) >= 11 is 6.14. The van der Waals surface area contributed by atoms with Crippen molar-refractivity contribution in [3.05, 3.63) is 58.1 Å². The van der Waals surface area contributed by atoms with Crippen LogP contribution in [0.5, 0.6) is 17.2 Å². The van der Waals surface area contributed by atoms with Gasteiger partial charge in [-0.2, -0.15) is 0 Å². The molecule has 0 fully saturated rings. The maximum Gasteiger partial charge on any atom is 0.336 e. The maximum atomic E-state index is 12.1. The summed E-state index contributed by atoms with van der Waals surface area (Å²) in [7, 11) is 1.59. The highest BCUT2D eigenvalue weighted by Crippen LogP contribution is 2.29. The van der Waals surface area contributed by atoms with Crippen LogP contribution < -0.4 is 14.2 Å². The number of carbonyl (C=O) groups excluding carboxylic acids is 1. The fourth-order valence-electron chi connectivity index (χ4n) is 2.59. The summed E-state index contributed by atoms with van der Waals surface area (Å²) in [4.78, 5) is 12.1. The Morgan fingerprint density at radius 2 is 1.79 bits per heavy atom. The summed E-state index contributed by atoms with van der Waals surface area (Å²) in [5.41, 5.74) is 2.55. The summed E-state index contributed by atoms with van der Waals surface area (Å²) in [6, 6.07) is 9.02. The number of esters is 1. The zero-order valence-electron chi connectivity index (χ0n) is 17.0. The zero-order valence-corrected chi connectivity index (χ0v) is 17.8. The van der Waals surface area contributed by atoms with Gasteiger partial charge in [-0.25, -0.2) is 4.79 Å². The van der Waals surface area contributed by atoms with Gasteiger partial charge in [-0.1, -0.05) is 31.5 Å². The molecular weight excluding hydrogens is 376 g/mol. The molecule has 0 saturated heterocycles. The highest BCUT2D eigenvalue weighted by Gasteiger charge is 2.08. The van der Waals surface area contributed by atoms with Gasteiger partial charge in [-0.15, -0.1) is 0 Å². The predicted octanol–water partition coefficient (Wildman–Crippen LogP) is 6.01. The molecule has 0 aliphatic heterocycles. The molecule has 0 saturated carbocycles. The monoisotopic (exact) mass is 402 g/mol. The number of ether oxygens (including phenoxy) is 3. The molecule has 0 unspecified atom stereocenters. The Morgan fingerprint density at radius 1 is 1.11 bits per heavy atom. The third-order valence-corrected chi connectivity index (χ3v) is 4.78. The summed E-state index contributed by atoms with van der Waals surface area (Å²) < 4.78 is 16.5. The third-order valence-electron chi connectivity index (χ3n) is 4.18. The van der Waals surface area contributed by atoms with Crippen molar-refractivity contribution in [2.75, 3.05) is 13.7 Å². The fraction of sp³-hybridized carbons (Fsp3) is 0.348. The minimum absolute atomic E-state index is 0.461. The molecule has 2 aromatic rings. The van der Waals surface area contributed by atoms with E-state index in [1.54, 1.807) is 25.3 Å². The van der Waals surface area contributed by atoms with Crippen LogP contribution in [0, 0.1) is 19.8 Å². The molecule has 0 radical (unpaired) electrons. The first kappa shape index (κ1) is 21.8. The Kier molecular flexibility index (Phi) is 7.94. The maximum absolute atomic E-state index is 12.1. The molecule has 0 atom stereocenters. The first-order valence-corrected chi connectivity index (χ1v) is 9.65. The van der Waals surface area contributed by atoms with Crippen molar-refractivity contribution in [1.29, 1.82) is 0 Å². The van der Waals surface area contributed by atoms with Crippen LogP contribution in [0.25, 0.3) is 6.08 Å². The van der Waals surface area contributed by atoms with E-state index < -0.39 is 5.97 Å². The summed E-state index contributed by atoms with van der Waals surface area (Å²) in [5, 5.41) is 0.679. The summed E-state index contributed by atoms with van der Waals surface area (Å²) in [6.07, 6.45) is 4.03. The Hall–Kier alpha value is -2.46. The van der Waals surface area contributed by atoms with Gasteiger partial charge >= 0.3 is 5.97 Å². The molecule has 4 nitrogen and oxygen atoms in total. The van der Waals surface area contributed by atoms with Crippen LogP contribution in [0.3, 0.4) is 0 Å². The lowest BCUT2D eigenvalue weighted by atomic mass is 10.1. The van der Waals surface area contributed by atoms with E-state index in [2.05, 4.69) is 13.8 Å². The zero-order chi connectivity index (χ0) is 20.7. The predicted molar refractivity (Wildman–Crippen MR) is 114 cm³/mol. The molecule has 0 aliphatic carbocycles. The van der Waals surface area contributed by atoms with Gasteiger partial charge in [-0.3, -0.25) is 0 Å². The molecule has 150 valence electrons. The van der Waals surface area contributed by atoms with Gasteiger partial charge in [0.2, 0.25) is 0 Å². The lowest BCUT2D eigenvalue weighted by molar-refractivity contribution is -0.128. The molecule has 0 aromatic heterocycles. The molecule has 0 amide bonds. The SMILES string of the molecule is COc1cc(/C=C/C(=O)Oc2cc(C)c(Cl)c(C)c2)ccc1OCCC(C)C. The highest BCUT2D eigenvalue weighted by molar-refractivity contribution is 6.32. The number of methoxy groups -OCH3 is 1. The molecule has 28 heavy (non-hydrogen) atoms. The molecule has 0 heterocycles. The van der Waals surface area contributed by atoms with Gasteiger partial charge in [0.1, 0.15) is 5.75 Å². The van der Waals surface area contributed by atoms with Crippen LogP contribution in [0.4, 0.5) is 0 Å². The summed E-state index contributed by atoms with van der Waals surface area (Å²) in [5.74, 6) is 1.91. The standard InChI is InChI=1S/C23H27ClO4/c1-15(2)10-11-27-20-8-6-18(14-21(20)26-5)7-9-22(25)28-19-12-16(3)23(24)17(4)13-19/h6-9,12-15H,10-11H2,1-5H3/b9-7+. The van der Waals surface area contributed by atoms with Gasteiger partial charge in [0.15, 0.2) is 11.5 Å². The van der Waals surface area contributed by atoms with E-state index in [9.17, 15) is 4.79 Å². The largest absolute Gasteiger partial charge is 0.493 e. The molecular formula is C23H27ClO4. The van der Waals surface area contributed by atoms with Crippen molar-refractivity contribution in [1.82, 2.24) is 0 Å². The van der Waals surface area contributed by atoms with Crippen LogP contribution >= 0.6 is 11.6 Å². The number of aryl methyl sites for hydroxylation is 2. The first-order chi connectivity index (χ1) is 13.3. The van der Waals surface area contributed by atoms with Crippen LogP contribution in [-0.4, -0.2) is 19.7 Å². The second kappa shape index (κ2) is 10.2. The van der Waals surface area contributed by atoms with Crippen molar-refractivity contribution in [3.8, 4) is 17.2 Å². The average Bonchev–Trinajstić information content (AvgIpc) is 2.64. The van der Waals surface area contributed by atoms with Crippen molar-refractivity contribution in [3.63, 3.8) is 0 Å². The molecule has 0 bridgehead atoms. The topological polar surface area (TPSA) is 44.8 Å². The number of carbonyl (C=O) groups is 1. The van der Waals surface area contributed by atoms with Crippen molar-refractivity contribution < 1.29 is 19.0 Å². The molecule has 0 N–H and O–H groups in total. The van der Waals surface area contributed by atoms with Crippen molar-refractivity contribution >= 4 is 23.6 Å².